The molecule has 0 bridgehead atoms. The van der Waals surface area contributed by atoms with E-state index in [1.165, 1.54) is 17.0 Å². The Balaban J connectivity index is 2.11. The summed E-state index contributed by atoms with van der Waals surface area (Å²) in [7, 11) is 0. The summed E-state index contributed by atoms with van der Waals surface area (Å²) in [4.78, 5) is 12.3. The lowest BCUT2D eigenvalue weighted by Crippen LogP contribution is -1.99. The van der Waals surface area contributed by atoms with Crippen LogP contribution in [-0.4, -0.2) is 4.92 Å². The van der Waals surface area contributed by atoms with E-state index < -0.39 is 10.7 Å². The first-order valence-electron chi connectivity index (χ1n) is 5.29. The van der Waals surface area contributed by atoms with E-state index in [4.69, 9.17) is 0 Å². The minimum Gasteiger partial charge on any atom is -0.380 e. The number of nitrogens with one attached hydrogen (secondary N) is 1. The summed E-state index contributed by atoms with van der Waals surface area (Å²) in [6.07, 6.45) is 0. The maximum absolute atomic E-state index is 13.2. The molecule has 0 aliphatic carbocycles. The first-order chi connectivity index (χ1) is 8.54. The number of hydrogen-bond donors (Lipinski definition) is 1. The average molecular weight is 266 g/mol. The van der Waals surface area contributed by atoms with Gasteiger partial charge in [-0.1, -0.05) is 0 Å². The van der Waals surface area contributed by atoms with Crippen molar-refractivity contribution in [3.05, 3.63) is 56.0 Å². The van der Waals surface area contributed by atoms with Crippen molar-refractivity contribution in [1.29, 1.82) is 0 Å². The molecule has 4 nitrogen and oxygen atoms in total. The van der Waals surface area contributed by atoms with Crippen molar-refractivity contribution in [3.8, 4) is 0 Å². The van der Waals surface area contributed by atoms with Crippen molar-refractivity contribution in [1.82, 2.24) is 0 Å². The molecule has 0 atom stereocenters. The highest BCUT2D eigenvalue weighted by Crippen LogP contribution is 2.22. The van der Waals surface area contributed by atoms with Crippen molar-refractivity contribution in [2.75, 3.05) is 5.32 Å². The second-order valence-corrected chi connectivity index (χ2v) is 5.19. The van der Waals surface area contributed by atoms with E-state index in [9.17, 15) is 14.5 Å². The average Bonchev–Trinajstić information content (AvgIpc) is 2.72. The Bertz CT molecular complexity index is 583. The number of aryl methyl sites for hydroxylation is 1. The van der Waals surface area contributed by atoms with Gasteiger partial charge >= 0.3 is 0 Å². The van der Waals surface area contributed by atoms with Crippen molar-refractivity contribution >= 4 is 22.7 Å². The Morgan fingerprint density at radius 2 is 2.17 bits per heavy atom. The van der Waals surface area contributed by atoms with E-state index in [1.54, 1.807) is 11.3 Å². The number of hydrogen-bond acceptors (Lipinski definition) is 4. The van der Waals surface area contributed by atoms with E-state index in [0.29, 0.717) is 12.2 Å². The van der Waals surface area contributed by atoms with Gasteiger partial charge in [0.1, 0.15) is 5.82 Å². The van der Waals surface area contributed by atoms with E-state index in [-0.39, 0.29) is 5.69 Å². The van der Waals surface area contributed by atoms with Crippen LogP contribution in [-0.2, 0) is 6.54 Å². The molecule has 94 valence electrons. The zero-order chi connectivity index (χ0) is 13.1. The van der Waals surface area contributed by atoms with Crippen molar-refractivity contribution in [3.63, 3.8) is 0 Å². The van der Waals surface area contributed by atoms with Crippen LogP contribution in [0.4, 0.5) is 15.8 Å². The summed E-state index contributed by atoms with van der Waals surface area (Å²) in [6.45, 7) is 2.53. The zero-order valence-corrected chi connectivity index (χ0v) is 10.5. The first-order valence-corrected chi connectivity index (χ1v) is 6.10. The summed E-state index contributed by atoms with van der Waals surface area (Å²) in [6, 6.07) is 7.44. The van der Waals surface area contributed by atoms with Crippen LogP contribution >= 0.6 is 11.3 Å². The lowest BCUT2D eigenvalue weighted by Gasteiger charge is -2.04. The van der Waals surface area contributed by atoms with Gasteiger partial charge in [-0.3, -0.25) is 10.1 Å². The highest BCUT2D eigenvalue weighted by atomic mass is 32.1. The Morgan fingerprint density at radius 1 is 1.39 bits per heavy atom. The molecule has 0 spiro atoms. The third-order valence-corrected chi connectivity index (χ3v) is 3.36. The minimum atomic E-state index is -0.617. The van der Waals surface area contributed by atoms with E-state index in [1.807, 2.05) is 19.1 Å². The predicted molar refractivity (Wildman–Crippen MR) is 69.4 cm³/mol. The molecule has 6 heteroatoms. The fourth-order valence-electron chi connectivity index (χ4n) is 1.55. The predicted octanol–water partition coefficient (Wildman–Crippen LogP) is 3.72. The fraction of sp³-hybridized carbons (Fsp3) is 0.167. The minimum absolute atomic E-state index is 0.250. The topological polar surface area (TPSA) is 55.2 Å². The van der Waals surface area contributed by atoms with Crippen LogP contribution in [0.5, 0.6) is 0 Å². The maximum Gasteiger partial charge on any atom is 0.274 e. The summed E-state index contributed by atoms with van der Waals surface area (Å²) < 4.78 is 13.2. The molecular formula is C12H11FN2O2S. The number of nitro benzene ring substituents is 1. The van der Waals surface area contributed by atoms with Crippen molar-refractivity contribution in [2.24, 2.45) is 0 Å². The Morgan fingerprint density at radius 3 is 2.78 bits per heavy atom. The van der Waals surface area contributed by atoms with Crippen molar-refractivity contribution in [2.45, 2.75) is 13.5 Å². The molecule has 1 N–H and O–H groups in total. The van der Waals surface area contributed by atoms with E-state index >= 15 is 0 Å². The SMILES string of the molecule is Cc1ccc(CNc2cc(F)cc([N+](=O)[O-])c2)s1. The van der Waals surface area contributed by atoms with Crippen LogP contribution in [0.25, 0.3) is 0 Å². The molecule has 0 saturated heterocycles. The molecule has 1 aromatic carbocycles. The summed E-state index contributed by atoms with van der Waals surface area (Å²) in [5, 5.41) is 13.6. The number of anilines is 1. The number of nitro groups is 1. The summed E-state index contributed by atoms with van der Waals surface area (Å²) >= 11 is 1.63. The van der Waals surface area contributed by atoms with Gasteiger partial charge in [-0.25, -0.2) is 4.39 Å². The summed E-state index contributed by atoms with van der Waals surface area (Å²) in [5.74, 6) is -0.617. The number of nitrogens with zero attached hydrogens (tertiary/aromatic N) is 1. The Kier molecular flexibility index (Phi) is 3.57. The molecule has 0 amide bonds. The van der Waals surface area contributed by atoms with Gasteiger partial charge in [0.2, 0.25) is 0 Å². The third kappa shape index (κ3) is 3.04. The number of rotatable bonds is 4. The van der Waals surface area contributed by atoms with Gasteiger partial charge in [0.05, 0.1) is 11.0 Å². The van der Waals surface area contributed by atoms with Gasteiger partial charge in [0.15, 0.2) is 0 Å². The van der Waals surface area contributed by atoms with Crippen LogP contribution in [0.15, 0.2) is 30.3 Å². The molecule has 0 unspecified atom stereocenters. The maximum atomic E-state index is 13.2. The van der Waals surface area contributed by atoms with Crippen LogP contribution in [0, 0.1) is 22.9 Å². The largest absolute Gasteiger partial charge is 0.380 e. The summed E-state index contributed by atoms with van der Waals surface area (Å²) in [5.41, 5.74) is 0.160. The Hall–Kier alpha value is -1.95. The van der Waals surface area contributed by atoms with Crippen molar-refractivity contribution < 1.29 is 9.31 Å². The van der Waals surface area contributed by atoms with Gasteiger partial charge < -0.3 is 5.32 Å². The molecule has 0 radical (unpaired) electrons. The monoisotopic (exact) mass is 266 g/mol. The normalized spacial score (nSPS) is 10.3. The number of benzene rings is 1. The van der Waals surface area contributed by atoms with E-state index in [2.05, 4.69) is 5.32 Å². The lowest BCUT2D eigenvalue weighted by molar-refractivity contribution is -0.385. The first kappa shape index (κ1) is 12.5. The smallest absolute Gasteiger partial charge is 0.274 e. The van der Waals surface area contributed by atoms with Crippen LogP contribution in [0.3, 0.4) is 0 Å². The Labute approximate surface area is 107 Å². The fourth-order valence-corrected chi connectivity index (χ4v) is 2.38. The number of halogens is 1. The van der Waals surface area contributed by atoms with Crippen LogP contribution in [0.1, 0.15) is 9.75 Å². The quantitative estimate of drug-likeness (QED) is 0.678. The molecular weight excluding hydrogens is 255 g/mol. The molecule has 2 aromatic rings. The van der Waals surface area contributed by atoms with Gasteiger partial charge in [-0.05, 0) is 25.1 Å². The number of thiophene rings is 1. The highest BCUT2D eigenvalue weighted by Gasteiger charge is 2.09. The van der Waals surface area contributed by atoms with Gasteiger partial charge in [0.25, 0.3) is 5.69 Å². The molecule has 1 heterocycles. The standard InChI is InChI=1S/C12H11FN2O2S/c1-8-2-3-12(18-8)7-14-10-4-9(13)5-11(6-10)15(16)17/h2-6,14H,7H2,1H3. The lowest BCUT2D eigenvalue weighted by atomic mass is 10.2. The number of non-ortho nitro benzene ring substituents is 1. The third-order valence-electron chi connectivity index (χ3n) is 2.36. The molecule has 18 heavy (non-hydrogen) atoms. The molecule has 0 aliphatic heterocycles. The molecule has 0 saturated carbocycles. The highest BCUT2D eigenvalue weighted by molar-refractivity contribution is 7.11. The molecule has 0 aliphatic rings. The van der Waals surface area contributed by atoms with Gasteiger partial charge in [0, 0.05) is 28.1 Å². The second kappa shape index (κ2) is 5.14. The van der Waals surface area contributed by atoms with Crippen LogP contribution in [0.2, 0.25) is 0 Å². The van der Waals surface area contributed by atoms with Crippen LogP contribution < -0.4 is 5.32 Å². The zero-order valence-electron chi connectivity index (χ0n) is 9.64. The van der Waals surface area contributed by atoms with Gasteiger partial charge in [-0.2, -0.15) is 0 Å². The molecule has 1 aromatic heterocycles. The van der Waals surface area contributed by atoms with Gasteiger partial charge in [-0.15, -0.1) is 11.3 Å². The van der Waals surface area contributed by atoms with E-state index in [0.717, 1.165) is 10.9 Å². The molecule has 0 fully saturated rings. The molecule has 2 rings (SSSR count). The second-order valence-electron chi connectivity index (χ2n) is 3.82.